The van der Waals surface area contributed by atoms with Crippen LogP contribution in [0.1, 0.15) is 23.7 Å². The summed E-state index contributed by atoms with van der Waals surface area (Å²) in [5.74, 6) is 1.57. The quantitative estimate of drug-likeness (QED) is 0.240. The van der Waals surface area contributed by atoms with Crippen LogP contribution in [0.2, 0.25) is 0 Å². The van der Waals surface area contributed by atoms with Gasteiger partial charge in [0.25, 0.3) is 5.91 Å². The van der Waals surface area contributed by atoms with Crippen LogP contribution in [0, 0.1) is 0 Å². The smallest absolute Gasteiger partial charge is 0.251 e. The molecular formula is C21H34IN5O3. The summed E-state index contributed by atoms with van der Waals surface area (Å²) in [6, 6.07) is 7.66. The van der Waals surface area contributed by atoms with Crippen molar-refractivity contribution >= 4 is 35.8 Å². The molecule has 168 valence electrons. The number of carbonyl (C=O) groups excluding carboxylic acids is 1. The first kappa shape index (κ1) is 24.7. The molecule has 3 rings (SSSR count). The molecule has 0 spiro atoms. The van der Waals surface area contributed by atoms with Gasteiger partial charge in [0.05, 0.1) is 26.9 Å². The summed E-state index contributed by atoms with van der Waals surface area (Å²) >= 11 is 0. The second-order valence-electron chi connectivity index (χ2n) is 7.26. The Bertz CT molecular complexity index is 680. The number of rotatable bonds is 7. The topological polar surface area (TPSA) is 78.4 Å². The number of morpholine rings is 1. The number of likely N-dealkylation sites (tertiary alicyclic amines) is 1. The number of hydrogen-bond donors (Lipinski definition) is 2. The number of nitrogens with zero attached hydrogens (tertiary/aromatic N) is 3. The summed E-state index contributed by atoms with van der Waals surface area (Å²) < 4.78 is 10.6. The van der Waals surface area contributed by atoms with Crippen LogP contribution in [0.15, 0.2) is 29.3 Å². The zero-order valence-electron chi connectivity index (χ0n) is 17.9. The molecule has 1 aromatic rings. The van der Waals surface area contributed by atoms with Gasteiger partial charge in [-0.15, -0.1) is 24.0 Å². The van der Waals surface area contributed by atoms with Crippen molar-refractivity contribution in [1.82, 2.24) is 20.4 Å². The van der Waals surface area contributed by atoms with Crippen molar-refractivity contribution in [3.63, 3.8) is 0 Å². The van der Waals surface area contributed by atoms with E-state index in [1.54, 1.807) is 31.4 Å². The predicted octanol–water partition coefficient (Wildman–Crippen LogP) is 1.41. The minimum absolute atomic E-state index is 0. The monoisotopic (exact) mass is 531 g/mol. The van der Waals surface area contributed by atoms with Gasteiger partial charge in [0.15, 0.2) is 5.96 Å². The Kier molecular flexibility index (Phi) is 10.7. The van der Waals surface area contributed by atoms with Gasteiger partial charge in [0.2, 0.25) is 0 Å². The number of hydrogen-bond acceptors (Lipinski definition) is 5. The third-order valence-electron chi connectivity index (χ3n) is 5.37. The van der Waals surface area contributed by atoms with Crippen LogP contribution in [0.3, 0.4) is 0 Å². The minimum Gasteiger partial charge on any atom is -0.497 e. The average molecular weight is 531 g/mol. The van der Waals surface area contributed by atoms with Gasteiger partial charge < -0.3 is 25.0 Å². The lowest BCUT2D eigenvalue weighted by Gasteiger charge is -2.32. The number of halogens is 1. The fraction of sp³-hybridized carbons (Fsp3) is 0.619. The van der Waals surface area contributed by atoms with Crippen molar-refractivity contribution in [1.29, 1.82) is 0 Å². The molecule has 2 fully saturated rings. The fourth-order valence-electron chi connectivity index (χ4n) is 3.78. The summed E-state index contributed by atoms with van der Waals surface area (Å²) in [7, 11) is 1.61. The van der Waals surface area contributed by atoms with Crippen LogP contribution in [0.5, 0.6) is 5.75 Å². The van der Waals surface area contributed by atoms with Gasteiger partial charge in [-0.3, -0.25) is 14.7 Å². The molecule has 2 aliphatic rings. The number of benzene rings is 1. The summed E-state index contributed by atoms with van der Waals surface area (Å²) in [6.07, 6.45) is 1.15. The molecule has 1 aromatic carbocycles. The van der Waals surface area contributed by atoms with Gasteiger partial charge in [0.1, 0.15) is 5.75 Å². The number of ether oxygens (including phenoxy) is 2. The highest BCUT2D eigenvalue weighted by atomic mass is 127. The Hall–Kier alpha value is -1.59. The van der Waals surface area contributed by atoms with E-state index in [0.29, 0.717) is 24.7 Å². The maximum atomic E-state index is 12.2. The Morgan fingerprint density at radius 3 is 2.60 bits per heavy atom. The third kappa shape index (κ3) is 6.98. The summed E-state index contributed by atoms with van der Waals surface area (Å²) in [6.45, 7) is 9.65. The SMILES string of the molecule is CCNC(=NCCNC(=O)c1ccc(OC)cc1)N1CCC(N2CCOCC2)C1.I. The molecule has 2 heterocycles. The molecule has 0 bridgehead atoms. The normalized spacial score (nSPS) is 19.9. The minimum atomic E-state index is -0.0959. The zero-order valence-corrected chi connectivity index (χ0v) is 20.3. The van der Waals surface area contributed by atoms with Crippen molar-refractivity contribution in [3.8, 4) is 5.75 Å². The van der Waals surface area contributed by atoms with Crippen molar-refractivity contribution in [3.05, 3.63) is 29.8 Å². The van der Waals surface area contributed by atoms with Gasteiger partial charge in [-0.25, -0.2) is 0 Å². The van der Waals surface area contributed by atoms with E-state index in [4.69, 9.17) is 14.5 Å². The fourth-order valence-corrected chi connectivity index (χ4v) is 3.78. The van der Waals surface area contributed by atoms with E-state index >= 15 is 0 Å². The van der Waals surface area contributed by atoms with Crippen molar-refractivity contribution in [2.45, 2.75) is 19.4 Å². The molecule has 30 heavy (non-hydrogen) atoms. The van der Waals surface area contributed by atoms with E-state index in [0.717, 1.165) is 64.1 Å². The molecule has 1 unspecified atom stereocenters. The van der Waals surface area contributed by atoms with Crippen LogP contribution < -0.4 is 15.4 Å². The Morgan fingerprint density at radius 1 is 1.20 bits per heavy atom. The van der Waals surface area contributed by atoms with Gasteiger partial charge >= 0.3 is 0 Å². The van der Waals surface area contributed by atoms with Crippen LogP contribution in [-0.2, 0) is 4.74 Å². The summed E-state index contributed by atoms with van der Waals surface area (Å²) in [5, 5.41) is 6.32. The lowest BCUT2D eigenvalue weighted by molar-refractivity contribution is 0.0195. The zero-order chi connectivity index (χ0) is 20.5. The molecule has 1 atom stereocenters. The van der Waals surface area contributed by atoms with E-state index in [-0.39, 0.29) is 29.9 Å². The van der Waals surface area contributed by atoms with Crippen molar-refractivity contribution in [2.24, 2.45) is 4.99 Å². The molecule has 2 N–H and O–H groups in total. The molecule has 8 nitrogen and oxygen atoms in total. The molecule has 0 aliphatic carbocycles. The molecule has 9 heteroatoms. The first-order valence-corrected chi connectivity index (χ1v) is 10.5. The van der Waals surface area contributed by atoms with E-state index < -0.39 is 0 Å². The van der Waals surface area contributed by atoms with Crippen LogP contribution in [0.25, 0.3) is 0 Å². The predicted molar refractivity (Wildman–Crippen MR) is 129 cm³/mol. The molecule has 2 aliphatic heterocycles. The Morgan fingerprint density at radius 2 is 1.93 bits per heavy atom. The summed E-state index contributed by atoms with van der Waals surface area (Å²) in [5.41, 5.74) is 0.620. The Balaban J connectivity index is 0.00000320. The average Bonchev–Trinajstić information content (AvgIpc) is 3.26. The van der Waals surface area contributed by atoms with E-state index in [2.05, 4.69) is 27.4 Å². The van der Waals surface area contributed by atoms with Crippen LogP contribution in [0.4, 0.5) is 0 Å². The van der Waals surface area contributed by atoms with E-state index in [1.165, 1.54) is 0 Å². The number of carbonyl (C=O) groups is 1. The van der Waals surface area contributed by atoms with Gasteiger partial charge in [-0.05, 0) is 37.6 Å². The largest absolute Gasteiger partial charge is 0.497 e. The first-order chi connectivity index (χ1) is 14.2. The maximum absolute atomic E-state index is 12.2. The third-order valence-corrected chi connectivity index (χ3v) is 5.37. The van der Waals surface area contributed by atoms with E-state index in [9.17, 15) is 4.79 Å². The van der Waals surface area contributed by atoms with Crippen molar-refractivity contribution in [2.75, 3.05) is 66.1 Å². The number of guanidine groups is 1. The van der Waals surface area contributed by atoms with Gasteiger partial charge in [0, 0.05) is 50.9 Å². The van der Waals surface area contributed by atoms with Crippen LogP contribution in [-0.4, -0.2) is 93.8 Å². The first-order valence-electron chi connectivity index (χ1n) is 10.5. The highest BCUT2D eigenvalue weighted by molar-refractivity contribution is 14.0. The highest BCUT2D eigenvalue weighted by Gasteiger charge is 2.30. The lowest BCUT2D eigenvalue weighted by Crippen LogP contribution is -2.46. The second-order valence-corrected chi connectivity index (χ2v) is 7.26. The van der Waals surface area contributed by atoms with Gasteiger partial charge in [-0.2, -0.15) is 0 Å². The van der Waals surface area contributed by atoms with Crippen LogP contribution >= 0.6 is 24.0 Å². The molecular weight excluding hydrogens is 497 g/mol. The number of nitrogens with one attached hydrogen (secondary N) is 2. The molecule has 1 amide bonds. The molecule has 0 radical (unpaired) electrons. The van der Waals surface area contributed by atoms with E-state index in [1.807, 2.05) is 0 Å². The van der Waals surface area contributed by atoms with Gasteiger partial charge in [-0.1, -0.05) is 0 Å². The maximum Gasteiger partial charge on any atom is 0.251 e. The number of methoxy groups -OCH3 is 1. The Labute approximate surface area is 196 Å². The molecule has 0 aromatic heterocycles. The highest BCUT2D eigenvalue weighted by Crippen LogP contribution is 2.17. The molecule has 0 saturated carbocycles. The van der Waals surface area contributed by atoms with Crippen molar-refractivity contribution < 1.29 is 14.3 Å². The second kappa shape index (κ2) is 13.0. The standard InChI is InChI=1S/C21H33N5O3.HI/c1-3-22-21(26-11-8-18(16-26)25-12-14-29-15-13-25)24-10-9-23-20(27)17-4-6-19(28-2)7-5-17;/h4-7,18H,3,8-16H2,1-2H3,(H,22,24)(H,23,27);1H. The molecule has 2 saturated heterocycles. The summed E-state index contributed by atoms with van der Waals surface area (Å²) in [4.78, 5) is 21.8. The number of amides is 1. The number of aliphatic imine (C=N–C) groups is 1. The lowest BCUT2D eigenvalue weighted by atomic mass is 10.2.